The molecular weight excluding hydrogens is 317 g/mol. The van der Waals surface area contributed by atoms with E-state index >= 15 is 0 Å². The Hall–Kier alpha value is -1.41. The molecule has 2 aromatic rings. The molecule has 24 heavy (non-hydrogen) atoms. The molecule has 0 aliphatic rings. The van der Waals surface area contributed by atoms with Crippen molar-refractivity contribution in [3.8, 4) is 5.75 Å². The topological polar surface area (TPSA) is 21.7 Å². The van der Waals surface area contributed by atoms with Crippen LogP contribution >= 0.6 is 8.58 Å². The van der Waals surface area contributed by atoms with E-state index < -0.39 is 0 Å². The molecule has 0 heterocycles. The minimum atomic E-state index is 0.278. The Morgan fingerprint density at radius 2 is 1.71 bits per heavy atom. The maximum Gasteiger partial charge on any atom is 0.188 e. The smallest absolute Gasteiger partial charge is 0.188 e. The molecule has 130 valence electrons. The molecule has 0 bridgehead atoms. The van der Waals surface area contributed by atoms with E-state index in [1.54, 1.807) is 7.11 Å². The fourth-order valence-electron chi connectivity index (χ4n) is 2.82. The lowest BCUT2D eigenvalue weighted by Gasteiger charge is -2.18. The second kappa shape index (κ2) is 8.62. The number of hydrogen-bond donors (Lipinski definition) is 0. The van der Waals surface area contributed by atoms with Crippen LogP contribution in [0.4, 0.5) is 0 Å². The summed E-state index contributed by atoms with van der Waals surface area (Å²) in [5.41, 5.74) is 5.11. The quantitative estimate of drug-likeness (QED) is 0.568. The zero-order valence-corrected chi connectivity index (χ0v) is 16.6. The molecule has 0 aliphatic carbocycles. The monoisotopic (exact) mass is 345 g/mol. The first kappa shape index (κ1) is 18.9. The maximum absolute atomic E-state index is 5.86. The average Bonchev–Trinajstić information content (AvgIpc) is 2.48. The fourth-order valence-corrected chi connectivity index (χ4v) is 4.27. The van der Waals surface area contributed by atoms with Gasteiger partial charge >= 0.3 is 0 Å². The van der Waals surface area contributed by atoms with Crippen LogP contribution in [-0.2, 0) is 11.3 Å². The highest BCUT2D eigenvalue weighted by molar-refractivity contribution is 7.55. The summed E-state index contributed by atoms with van der Waals surface area (Å²) in [7, 11) is 6.44. The molecule has 0 spiro atoms. The Balaban J connectivity index is 2.40. The highest BCUT2D eigenvalue weighted by atomic mass is 31.1. The highest BCUT2D eigenvalue weighted by Gasteiger charge is 2.12. The molecule has 0 radical (unpaired) electrons. The van der Waals surface area contributed by atoms with Crippen molar-refractivity contribution in [3.05, 3.63) is 52.6 Å². The summed E-state index contributed by atoms with van der Waals surface area (Å²) in [4.78, 5) is 2.21. The molecule has 0 saturated heterocycles. The van der Waals surface area contributed by atoms with Crippen molar-refractivity contribution in [1.29, 1.82) is 0 Å². The molecule has 0 amide bonds. The lowest BCUT2D eigenvalue weighted by Crippen LogP contribution is -2.19. The summed E-state index contributed by atoms with van der Waals surface area (Å²) in [6, 6.07) is 11.1. The van der Waals surface area contributed by atoms with Gasteiger partial charge < -0.3 is 14.4 Å². The zero-order valence-electron chi connectivity index (χ0n) is 15.6. The minimum absolute atomic E-state index is 0.278. The van der Waals surface area contributed by atoms with Crippen LogP contribution in [0.2, 0.25) is 0 Å². The van der Waals surface area contributed by atoms with Crippen LogP contribution in [0.15, 0.2) is 30.3 Å². The summed E-state index contributed by atoms with van der Waals surface area (Å²) < 4.78 is 11.0. The molecule has 2 aromatic carbocycles. The third-order valence-electron chi connectivity index (χ3n) is 3.76. The summed E-state index contributed by atoms with van der Waals surface area (Å²) in [6.45, 7) is 7.61. The summed E-state index contributed by atoms with van der Waals surface area (Å²) in [5, 5.41) is 2.62. The number of aryl methyl sites for hydroxylation is 3. The number of nitrogens with zero attached hydrogens (tertiary/aromatic N) is 1. The Kier molecular flexibility index (Phi) is 6.79. The van der Waals surface area contributed by atoms with Gasteiger partial charge in [-0.1, -0.05) is 38.4 Å². The van der Waals surface area contributed by atoms with Crippen LogP contribution in [0.5, 0.6) is 5.75 Å². The van der Waals surface area contributed by atoms with E-state index in [9.17, 15) is 0 Å². The first-order valence-corrected chi connectivity index (χ1v) is 9.15. The van der Waals surface area contributed by atoms with Crippen LogP contribution < -0.4 is 15.3 Å². The van der Waals surface area contributed by atoms with Gasteiger partial charge in [-0.15, -0.1) is 0 Å². The molecule has 3 nitrogen and oxygen atoms in total. The van der Waals surface area contributed by atoms with Gasteiger partial charge in [0.25, 0.3) is 0 Å². The predicted octanol–water partition coefficient (Wildman–Crippen LogP) is 3.29. The van der Waals surface area contributed by atoms with Crippen molar-refractivity contribution in [2.75, 3.05) is 28.0 Å². The van der Waals surface area contributed by atoms with Gasteiger partial charge in [-0.25, -0.2) is 0 Å². The molecule has 4 heteroatoms. The van der Waals surface area contributed by atoms with Crippen molar-refractivity contribution >= 4 is 19.2 Å². The molecule has 0 N–H and O–H groups in total. The van der Waals surface area contributed by atoms with Crippen molar-refractivity contribution in [3.63, 3.8) is 0 Å². The number of ether oxygens (including phenoxy) is 2. The highest BCUT2D eigenvalue weighted by Crippen LogP contribution is 2.26. The Morgan fingerprint density at radius 1 is 0.958 bits per heavy atom. The normalized spacial score (nSPS) is 11.6. The second-order valence-electron chi connectivity index (χ2n) is 6.53. The van der Waals surface area contributed by atoms with Crippen LogP contribution in [0.25, 0.3) is 0 Å². The van der Waals surface area contributed by atoms with Gasteiger partial charge in [0.05, 0.1) is 0 Å². The van der Waals surface area contributed by atoms with Gasteiger partial charge in [-0.2, -0.15) is 0 Å². The molecular formula is C20H28NO2P. The predicted molar refractivity (Wildman–Crippen MR) is 105 cm³/mol. The molecule has 2 rings (SSSR count). The largest absolute Gasteiger partial charge is 0.467 e. The number of hydrogen-bond acceptors (Lipinski definition) is 3. The van der Waals surface area contributed by atoms with Crippen LogP contribution in [0.1, 0.15) is 22.3 Å². The lowest BCUT2D eigenvalue weighted by molar-refractivity contribution is 0.0514. The third-order valence-corrected chi connectivity index (χ3v) is 5.15. The molecule has 0 saturated carbocycles. The average molecular weight is 345 g/mol. The van der Waals surface area contributed by atoms with Gasteiger partial charge in [-0.05, 0) is 62.9 Å². The van der Waals surface area contributed by atoms with Crippen molar-refractivity contribution < 1.29 is 9.47 Å². The summed E-state index contributed by atoms with van der Waals surface area (Å²) in [5.74, 6) is 0.956. The molecule has 1 unspecified atom stereocenters. The van der Waals surface area contributed by atoms with E-state index in [1.165, 1.54) is 27.3 Å². The van der Waals surface area contributed by atoms with Gasteiger partial charge in [0.15, 0.2) is 6.79 Å². The molecule has 0 fully saturated rings. The van der Waals surface area contributed by atoms with E-state index in [2.05, 4.69) is 70.1 Å². The first-order chi connectivity index (χ1) is 11.4. The van der Waals surface area contributed by atoms with Crippen molar-refractivity contribution in [2.24, 2.45) is 0 Å². The van der Waals surface area contributed by atoms with Crippen LogP contribution in [-0.4, -0.2) is 32.9 Å². The van der Waals surface area contributed by atoms with E-state index in [4.69, 9.17) is 9.47 Å². The summed E-state index contributed by atoms with van der Waals surface area (Å²) in [6.07, 6.45) is 0. The Bertz CT molecular complexity index is 698. The van der Waals surface area contributed by atoms with Crippen molar-refractivity contribution in [2.45, 2.75) is 27.3 Å². The fraction of sp³-hybridized carbons (Fsp3) is 0.400. The number of methoxy groups -OCH3 is 1. The Morgan fingerprint density at radius 3 is 2.38 bits per heavy atom. The first-order valence-electron chi connectivity index (χ1n) is 8.15. The van der Waals surface area contributed by atoms with E-state index in [-0.39, 0.29) is 6.79 Å². The van der Waals surface area contributed by atoms with E-state index in [0.29, 0.717) is 8.58 Å². The summed E-state index contributed by atoms with van der Waals surface area (Å²) >= 11 is 0. The number of benzene rings is 2. The maximum atomic E-state index is 5.86. The van der Waals surface area contributed by atoms with E-state index in [1.807, 2.05) is 0 Å². The van der Waals surface area contributed by atoms with Gasteiger partial charge in [-0.3, -0.25) is 0 Å². The molecule has 0 aromatic heterocycles. The third kappa shape index (κ3) is 5.04. The van der Waals surface area contributed by atoms with Gasteiger partial charge in [0.2, 0.25) is 0 Å². The SMILES string of the molecule is COCOc1c(C)cc(C)cc1Pc1ccc(C)cc1CN(C)C. The van der Waals surface area contributed by atoms with Gasteiger partial charge in [0, 0.05) is 19.0 Å². The standard InChI is InChI=1S/C20H28NO2P/c1-14-7-8-18(17(10-14)12-21(4)5)24-19-11-15(2)9-16(3)20(19)23-13-22-6/h7-11,24H,12-13H2,1-6H3. The Labute approximate surface area is 147 Å². The van der Waals surface area contributed by atoms with E-state index in [0.717, 1.165) is 17.9 Å². The molecule has 0 aliphatic heterocycles. The lowest BCUT2D eigenvalue weighted by atomic mass is 10.1. The van der Waals surface area contributed by atoms with Crippen molar-refractivity contribution in [1.82, 2.24) is 4.90 Å². The minimum Gasteiger partial charge on any atom is -0.467 e. The van der Waals surface area contributed by atoms with Gasteiger partial charge in [0.1, 0.15) is 5.75 Å². The van der Waals surface area contributed by atoms with Crippen LogP contribution in [0, 0.1) is 20.8 Å². The number of rotatable bonds is 7. The molecule has 1 atom stereocenters. The zero-order chi connectivity index (χ0) is 17.7. The second-order valence-corrected chi connectivity index (χ2v) is 7.86. The van der Waals surface area contributed by atoms with Crippen LogP contribution in [0.3, 0.4) is 0 Å².